The summed E-state index contributed by atoms with van der Waals surface area (Å²) >= 11 is 6.18. The van der Waals surface area contributed by atoms with Crippen LogP contribution in [0.4, 0.5) is 5.69 Å². The van der Waals surface area contributed by atoms with Crippen molar-refractivity contribution >= 4 is 23.2 Å². The number of rotatable bonds is 3. The van der Waals surface area contributed by atoms with Crippen molar-refractivity contribution < 1.29 is 9.32 Å². The van der Waals surface area contributed by atoms with Crippen LogP contribution >= 0.6 is 11.6 Å². The summed E-state index contributed by atoms with van der Waals surface area (Å²) in [7, 11) is 0. The number of halogens is 1. The molecule has 6 nitrogen and oxygen atoms in total. The van der Waals surface area contributed by atoms with Gasteiger partial charge in [-0.25, -0.2) is 0 Å². The summed E-state index contributed by atoms with van der Waals surface area (Å²) in [5, 5.41) is 4.67. The number of amides is 1. The summed E-state index contributed by atoms with van der Waals surface area (Å²) in [6.45, 7) is 2.41. The molecule has 25 heavy (non-hydrogen) atoms. The van der Waals surface area contributed by atoms with Crippen molar-refractivity contribution in [3.8, 4) is 11.4 Å². The molecule has 0 bridgehead atoms. The lowest BCUT2D eigenvalue weighted by Crippen LogP contribution is -2.25. The van der Waals surface area contributed by atoms with E-state index in [2.05, 4.69) is 15.1 Å². The highest BCUT2D eigenvalue weighted by molar-refractivity contribution is 6.31. The fourth-order valence-corrected chi connectivity index (χ4v) is 3.18. The molecule has 1 aromatic carbocycles. The van der Waals surface area contributed by atoms with Crippen molar-refractivity contribution in [3.05, 3.63) is 59.2 Å². The highest BCUT2D eigenvalue weighted by Crippen LogP contribution is 2.35. The third-order valence-electron chi connectivity index (χ3n) is 4.38. The van der Waals surface area contributed by atoms with Gasteiger partial charge in [-0.2, -0.15) is 4.98 Å². The zero-order valence-electron chi connectivity index (χ0n) is 13.5. The highest BCUT2D eigenvalue weighted by atomic mass is 35.5. The van der Waals surface area contributed by atoms with Gasteiger partial charge in [0.15, 0.2) is 0 Å². The van der Waals surface area contributed by atoms with E-state index in [9.17, 15) is 4.79 Å². The molecule has 0 saturated carbocycles. The zero-order chi connectivity index (χ0) is 17.4. The van der Waals surface area contributed by atoms with Crippen LogP contribution in [0.2, 0.25) is 5.02 Å². The monoisotopic (exact) mass is 354 g/mol. The molecule has 1 aliphatic heterocycles. The zero-order valence-corrected chi connectivity index (χ0v) is 14.3. The molecule has 0 spiro atoms. The first-order chi connectivity index (χ1) is 12.1. The highest BCUT2D eigenvalue weighted by Gasteiger charge is 2.35. The third-order valence-corrected chi connectivity index (χ3v) is 4.79. The maximum absolute atomic E-state index is 12.5. The lowest BCUT2D eigenvalue weighted by Gasteiger charge is -2.19. The quantitative estimate of drug-likeness (QED) is 0.718. The lowest BCUT2D eigenvalue weighted by atomic mass is 10.1. The Morgan fingerprint density at radius 3 is 2.84 bits per heavy atom. The lowest BCUT2D eigenvalue weighted by molar-refractivity contribution is -0.117. The van der Waals surface area contributed by atoms with Gasteiger partial charge in [-0.15, -0.1) is 0 Å². The van der Waals surface area contributed by atoms with Crippen molar-refractivity contribution in [2.75, 3.05) is 11.4 Å². The van der Waals surface area contributed by atoms with Crippen LogP contribution in [-0.2, 0) is 4.79 Å². The van der Waals surface area contributed by atoms with Gasteiger partial charge >= 0.3 is 0 Å². The molecule has 2 aromatic heterocycles. The van der Waals surface area contributed by atoms with E-state index in [-0.39, 0.29) is 11.8 Å². The predicted octanol–water partition coefficient (Wildman–Crippen LogP) is 3.61. The maximum atomic E-state index is 12.5. The normalized spacial score (nSPS) is 17.3. The Balaban J connectivity index is 1.59. The van der Waals surface area contributed by atoms with Gasteiger partial charge in [0.1, 0.15) is 0 Å². The van der Waals surface area contributed by atoms with Crippen LogP contribution in [0, 0.1) is 6.92 Å². The van der Waals surface area contributed by atoms with Crippen molar-refractivity contribution in [1.29, 1.82) is 0 Å². The van der Waals surface area contributed by atoms with Crippen molar-refractivity contribution in [2.24, 2.45) is 0 Å². The van der Waals surface area contributed by atoms with E-state index >= 15 is 0 Å². The molecule has 1 fully saturated rings. The molecule has 1 saturated heterocycles. The summed E-state index contributed by atoms with van der Waals surface area (Å²) in [5.74, 6) is 0.873. The van der Waals surface area contributed by atoms with Crippen LogP contribution < -0.4 is 4.90 Å². The number of benzene rings is 1. The molecule has 7 heteroatoms. The molecule has 126 valence electrons. The summed E-state index contributed by atoms with van der Waals surface area (Å²) in [5.41, 5.74) is 2.55. The van der Waals surface area contributed by atoms with Gasteiger partial charge in [0.2, 0.25) is 17.6 Å². The number of anilines is 1. The van der Waals surface area contributed by atoms with Crippen LogP contribution in [0.25, 0.3) is 11.4 Å². The fourth-order valence-electron chi connectivity index (χ4n) is 3.01. The van der Waals surface area contributed by atoms with Crippen LogP contribution in [-0.4, -0.2) is 27.6 Å². The van der Waals surface area contributed by atoms with Gasteiger partial charge in [-0.3, -0.25) is 9.78 Å². The molecular weight excluding hydrogens is 340 g/mol. The van der Waals surface area contributed by atoms with E-state index < -0.39 is 0 Å². The molecule has 4 rings (SSSR count). The molecule has 1 amide bonds. The predicted molar refractivity (Wildman–Crippen MR) is 93.4 cm³/mol. The number of aromatic nitrogens is 3. The Bertz CT molecular complexity index is 926. The summed E-state index contributed by atoms with van der Waals surface area (Å²) in [6.07, 6.45) is 3.69. The smallest absolute Gasteiger partial charge is 0.232 e. The number of hydrogen-bond acceptors (Lipinski definition) is 5. The number of nitrogens with zero attached hydrogens (tertiary/aromatic N) is 4. The topological polar surface area (TPSA) is 72.1 Å². The molecule has 3 aromatic rings. The number of hydrogen-bond donors (Lipinski definition) is 0. The van der Waals surface area contributed by atoms with Crippen LogP contribution in [0.5, 0.6) is 0 Å². The second-order valence-electron chi connectivity index (χ2n) is 5.98. The van der Waals surface area contributed by atoms with Gasteiger partial charge in [-0.05, 0) is 36.8 Å². The first-order valence-corrected chi connectivity index (χ1v) is 8.31. The van der Waals surface area contributed by atoms with E-state index in [1.165, 1.54) is 0 Å². The first kappa shape index (κ1) is 15.8. The fraction of sp³-hybridized carbons (Fsp3) is 0.222. The third kappa shape index (κ3) is 2.89. The Morgan fingerprint density at radius 2 is 2.04 bits per heavy atom. The Hall–Kier alpha value is -2.73. The molecular formula is C18H15ClN4O2. The van der Waals surface area contributed by atoms with Crippen LogP contribution in [0.1, 0.15) is 23.8 Å². The number of pyridine rings is 1. The maximum Gasteiger partial charge on any atom is 0.232 e. The molecule has 3 heterocycles. The van der Waals surface area contributed by atoms with E-state index in [0.29, 0.717) is 29.7 Å². The van der Waals surface area contributed by atoms with Gasteiger partial charge in [0.25, 0.3) is 0 Å². The number of carbonyl (C=O) groups is 1. The Morgan fingerprint density at radius 1 is 1.24 bits per heavy atom. The summed E-state index contributed by atoms with van der Waals surface area (Å²) in [4.78, 5) is 22.7. The van der Waals surface area contributed by atoms with Crippen LogP contribution in [0.15, 0.2) is 47.2 Å². The molecule has 1 aliphatic rings. The van der Waals surface area contributed by atoms with Crippen LogP contribution in [0.3, 0.4) is 0 Å². The molecule has 1 atom stereocenters. The SMILES string of the molecule is Cc1c(Cl)cccc1N1CC(c2nc(-c3ccncc3)no2)CC1=O. The van der Waals surface area contributed by atoms with Crippen molar-refractivity contribution in [1.82, 2.24) is 15.1 Å². The standard InChI is InChI=1S/C18H15ClN4O2/c1-11-14(19)3-2-4-15(11)23-10-13(9-16(23)24)18-21-17(22-25-18)12-5-7-20-8-6-12/h2-8,13H,9-10H2,1H3. The number of carbonyl (C=O) groups excluding carboxylic acids is 1. The largest absolute Gasteiger partial charge is 0.339 e. The average molecular weight is 355 g/mol. The second-order valence-corrected chi connectivity index (χ2v) is 6.39. The van der Waals surface area contributed by atoms with Crippen molar-refractivity contribution in [2.45, 2.75) is 19.3 Å². The second kappa shape index (κ2) is 6.29. The molecule has 1 unspecified atom stereocenters. The average Bonchev–Trinajstić information content (AvgIpc) is 3.25. The Labute approximate surface area is 149 Å². The van der Waals surface area contributed by atoms with Gasteiger partial charge in [-0.1, -0.05) is 22.8 Å². The van der Waals surface area contributed by atoms with Gasteiger partial charge in [0.05, 0.1) is 5.92 Å². The minimum absolute atomic E-state index is 0.0269. The first-order valence-electron chi connectivity index (χ1n) is 7.93. The van der Waals surface area contributed by atoms with E-state index in [1.807, 2.05) is 37.3 Å². The Kier molecular flexibility index (Phi) is 3.97. The van der Waals surface area contributed by atoms with Gasteiger partial charge < -0.3 is 9.42 Å². The molecule has 0 N–H and O–H groups in total. The van der Waals surface area contributed by atoms with Gasteiger partial charge in [0, 0.05) is 41.6 Å². The minimum Gasteiger partial charge on any atom is -0.339 e. The van der Waals surface area contributed by atoms with E-state index in [1.54, 1.807) is 17.3 Å². The molecule has 0 radical (unpaired) electrons. The summed E-state index contributed by atoms with van der Waals surface area (Å²) < 4.78 is 5.40. The van der Waals surface area contributed by atoms with E-state index in [4.69, 9.17) is 16.1 Å². The minimum atomic E-state index is -0.131. The van der Waals surface area contributed by atoms with E-state index in [0.717, 1.165) is 16.8 Å². The molecule has 0 aliphatic carbocycles. The van der Waals surface area contributed by atoms with Crippen molar-refractivity contribution in [3.63, 3.8) is 0 Å². The summed E-state index contributed by atoms with van der Waals surface area (Å²) in [6, 6.07) is 9.20.